The summed E-state index contributed by atoms with van der Waals surface area (Å²) < 4.78 is 6.22. The Morgan fingerprint density at radius 1 is 1.38 bits per heavy atom. The van der Waals surface area contributed by atoms with Gasteiger partial charge in [-0.3, -0.25) is 9.69 Å². The van der Waals surface area contributed by atoms with Crippen molar-refractivity contribution >= 4 is 40.2 Å². The SMILES string of the molecule is CC1C(NC(=O)c2ccc(Oc3ncc(Cl)s3)s2)C2CCN1CC2. The Hall–Kier alpha value is -1.15. The van der Waals surface area contributed by atoms with Crippen LogP contribution in [0, 0.1) is 5.92 Å². The van der Waals surface area contributed by atoms with E-state index in [-0.39, 0.29) is 11.9 Å². The maximum absolute atomic E-state index is 12.6. The second-order valence-corrected chi connectivity index (χ2v) is 8.94. The van der Waals surface area contributed by atoms with Crippen LogP contribution in [0.15, 0.2) is 18.3 Å². The first kappa shape index (κ1) is 16.3. The lowest BCUT2D eigenvalue weighted by atomic mass is 9.79. The van der Waals surface area contributed by atoms with Gasteiger partial charge in [0, 0.05) is 12.1 Å². The summed E-state index contributed by atoms with van der Waals surface area (Å²) in [5.74, 6) is 0.583. The fraction of sp³-hybridized carbons (Fsp3) is 0.500. The summed E-state index contributed by atoms with van der Waals surface area (Å²) in [7, 11) is 0. The minimum atomic E-state index is -0.0161. The van der Waals surface area contributed by atoms with E-state index in [1.54, 1.807) is 18.3 Å². The van der Waals surface area contributed by atoms with Crippen LogP contribution in [-0.4, -0.2) is 41.0 Å². The van der Waals surface area contributed by atoms with Crippen molar-refractivity contribution in [1.82, 2.24) is 15.2 Å². The summed E-state index contributed by atoms with van der Waals surface area (Å²) in [5.41, 5.74) is 0. The molecule has 1 N–H and O–H groups in total. The van der Waals surface area contributed by atoms with E-state index < -0.39 is 0 Å². The molecule has 128 valence electrons. The van der Waals surface area contributed by atoms with E-state index in [9.17, 15) is 4.79 Å². The van der Waals surface area contributed by atoms with Gasteiger partial charge in [0.2, 0.25) is 0 Å². The predicted molar refractivity (Wildman–Crippen MR) is 96.5 cm³/mol. The minimum Gasteiger partial charge on any atom is -0.420 e. The number of nitrogens with zero attached hydrogens (tertiary/aromatic N) is 2. The number of amides is 1. The quantitative estimate of drug-likeness (QED) is 0.870. The molecule has 0 saturated carbocycles. The number of piperidine rings is 3. The van der Waals surface area contributed by atoms with Gasteiger partial charge in [-0.05, 0) is 50.9 Å². The molecule has 5 heterocycles. The Bertz CT molecular complexity index is 737. The highest BCUT2D eigenvalue weighted by atomic mass is 35.5. The van der Waals surface area contributed by atoms with Crippen molar-refractivity contribution in [3.63, 3.8) is 0 Å². The highest BCUT2D eigenvalue weighted by molar-refractivity contribution is 7.18. The molecule has 3 aliphatic heterocycles. The maximum atomic E-state index is 12.6. The second kappa shape index (κ2) is 6.63. The van der Waals surface area contributed by atoms with Gasteiger partial charge in [-0.25, -0.2) is 4.98 Å². The molecule has 0 spiro atoms. The molecule has 2 atom stereocenters. The number of rotatable bonds is 4. The number of carbonyl (C=O) groups is 1. The van der Waals surface area contributed by atoms with Crippen molar-refractivity contribution in [2.24, 2.45) is 5.92 Å². The highest BCUT2D eigenvalue weighted by Gasteiger charge is 2.40. The molecule has 0 aromatic carbocycles. The largest absolute Gasteiger partial charge is 0.420 e. The van der Waals surface area contributed by atoms with Crippen LogP contribution >= 0.6 is 34.3 Å². The Kier molecular flexibility index (Phi) is 4.51. The molecular formula is C16H18ClN3O2S2. The molecule has 5 rings (SSSR count). The number of ether oxygens (including phenoxy) is 1. The smallest absolute Gasteiger partial charge is 0.280 e. The molecule has 0 aliphatic carbocycles. The van der Waals surface area contributed by atoms with Crippen LogP contribution in [0.2, 0.25) is 4.34 Å². The number of thiophene rings is 1. The van der Waals surface area contributed by atoms with Gasteiger partial charge in [0.15, 0.2) is 5.06 Å². The van der Waals surface area contributed by atoms with E-state index in [1.165, 1.54) is 35.5 Å². The molecule has 1 amide bonds. The molecule has 3 saturated heterocycles. The number of carbonyl (C=O) groups excluding carboxylic acids is 1. The zero-order chi connectivity index (χ0) is 16.7. The van der Waals surface area contributed by atoms with E-state index in [1.807, 2.05) is 0 Å². The third kappa shape index (κ3) is 3.18. The van der Waals surface area contributed by atoms with Gasteiger partial charge in [-0.2, -0.15) is 0 Å². The average Bonchev–Trinajstić information content (AvgIpc) is 3.21. The zero-order valence-corrected chi connectivity index (χ0v) is 15.6. The van der Waals surface area contributed by atoms with Crippen molar-refractivity contribution in [3.05, 3.63) is 27.5 Å². The monoisotopic (exact) mass is 383 g/mol. The van der Waals surface area contributed by atoms with E-state index in [0.717, 1.165) is 13.1 Å². The normalized spacial score (nSPS) is 28.8. The van der Waals surface area contributed by atoms with Crippen molar-refractivity contribution in [1.29, 1.82) is 0 Å². The molecule has 5 nitrogen and oxygen atoms in total. The van der Waals surface area contributed by atoms with E-state index in [4.69, 9.17) is 16.3 Å². The van der Waals surface area contributed by atoms with Crippen LogP contribution in [0.5, 0.6) is 10.3 Å². The summed E-state index contributed by atoms with van der Waals surface area (Å²) in [6.07, 6.45) is 3.91. The first-order chi connectivity index (χ1) is 11.6. The fourth-order valence-corrected chi connectivity index (χ4v) is 5.21. The van der Waals surface area contributed by atoms with Crippen molar-refractivity contribution in [2.45, 2.75) is 31.8 Å². The van der Waals surface area contributed by atoms with Gasteiger partial charge >= 0.3 is 0 Å². The number of aromatic nitrogens is 1. The molecule has 2 aromatic heterocycles. The van der Waals surface area contributed by atoms with Crippen molar-refractivity contribution in [3.8, 4) is 10.3 Å². The van der Waals surface area contributed by atoms with Gasteiger partial charge in [0.1, 0.15) is 4.34 Å². The molecule has 24 heavy (non-hydrogen) atoms. The van der Waals surface area contributed by atoms with E-state index in [0.29, 0.717) is 31.4 Å². The fourth-order valence-electron chi connectivity index (χ4n) is 3.64. The van der Waals surface area contributed by atoms with Gasteiger partial charge in [-0.1, -0.05) is 34.3 Å². The highest BCUT2D eigenvalue weighted by Crippen LogP contribution is 2.35. The molecular weight excluding hydrogens is 366 g/mol. The third-order valence-electron chi connectivity index (χ3n) is 4.92. The number of halogens is 1. The Labute approximate surface area is 153 Å². The summed E-state index contributed by atoms with van der Waals surface area (Å²) in [4.78, 5) is 19.8. The van der Waals surface area contributed by atoms with Crippen molar-refractivity contribution < 1.29 is 9.53 Å². The standard InChI is InChI=1S/C16H18ClN3O2S2/c1-9-14(10-4-6-20(9)7-5-10)19-15(21)11-2-3-13(23-11)22-16-18-8-12(17)24-16/h2-3,8-10,14H,4-7H2,1H3,(H,19,21). The minimum absolute atomic E-state index is 0.0161. The number of fused-ring (bicyclic) bond motifs is 3. The zero-order valence-electron chi connectivity index (χ0n) is 13.2. The van der Waals surface area contributed by atoms with Gasteiger partial charge in [0.25, 0.3) is 11.1 Å². The molecule has 0 radical (unpaired) electrons. The van der Waals surface area contributed by atoms with E-state index >= 15 is 0 Å². The number of thiazole rings is 1. The molecule has 3 aliphatic rings. The Balaban J connectivity index is 1.41. The summed E-state index contributed by atoms with van der Waals surface area (Å²) in [6, 6.07) is 4.25. The number of hydrogen-bond donors (Lipinski definition) is 1. The molecule has 2 aromatic rings. The van der Waals surface area contributed by atoms with Crippen LogP contribution in [0.3, 0.4) is 0 Å². The third-order valence-corrected chi connectivity index (χ3v) is 6.88. The lowest BCUT2D eigenvalue weighted by molar-refractivity contribution is 0.0218. The van der Waals surface area contributed by atoms with Crippen LogP contribution in [0.1, 0.15) is 29.4 Å². The first-order valence-electron chi connectivity index (χ1n) is 8.04. The molecule has 2 bridgehead atoms. The van der Waals surface area contributed by atoms with Gasteiger partial charge in [-0.15, -0.1) is 0 Å². The van der Waals surface area contributed by atoms with Crippen LogP contribution in [0.25, 0.3) is 0 Å². The first-order valence-corrected chi connectivity index (χ1v) is 10.0. The van der Waals surface area contributed by atoms with Gasteiger partial charge < -0.3 is 10.1 Å². The lowest BCUT2D eigenvalue weighted by Gasteiger charge is -2.49. The predicted octanol–water partition coefficient (Wildman–Crippen LogP) is 3.86. The number of nitrogens with one attached hydrogen (secondary N) is 1. The summed E-state index contributed by atoms with van der Waals surface area (Å²) >= 11 is 8.45. The molecule has 2 unspecified atom stereocenters. The lowest BCUT2D eigenvalue weighted by Crippen LogP contribution is -2.62. The summed E-state index contributed by atoms with van der Waals surface area (Å²) in [6.45, 7) is 4.53. The van der Waals surface area contributed by atoms with Crippen LogP contribution in [0.4, 0.5) is 0 Å². The average molecular weight is 384 g/mol. The topological polar surface area (TPSA) is 54.5 Å². The second-order valence-electron chi connectivity index (χ2n) is 6.26. The Morgan fingerprint density at radius 2 is 2.17 bits per heavy atom. The van der Waals surface area contributed by atoms with E-state index in [2.05, 4.69) is 22.1 Å². The Morgan fingerprint density at radius 3 is 2.83 bits per heavy atom. The van der Waals surface area contributed by atoms with Crippen molar-refractivity contribution in [2.75, 3.05) is 13.1 Å². The molecule has 3 fully saturated rings. The molecule has 8 heteroatoms. The summed E-state index contributed by atoms with van der Waals surface area (Å²) in [5, 5.41) is 4.37. The van der Waals surface area contributed by atoms with Gasteiger partial charge in [0.05, 0.1) is 11.1 Å². The maximum Gasteiger partial charge on any atom is 0.280 e. The van der Waals surface area contributed by atoms with Crippen LogP contribution in [-0.2, 0) is 0 Å². The van der Waals surface area contributed by atoms with Crippen LogP contribution < -0.4 is 10.1 Å². The number of hydrogen-bond acceptors (Lipinski definition) is 6.